The maximum absolute atomic E-state index is 14.1. The zero-order valence-electron chi connectivity index (χ0n) is 11.7. The number of para-hydroxylation sites is 1. The van der Waals surface area contributed by atoms with Crippen molar-refractivity contribution in [2.75, 3.05) is 7.11 Å². The van der Waals surface area contributed by atoms with Crippen molar-refractivity contribution in [3.05, 3.63) is 65.6 Å². The Balaban J connectivity index is 2.02. The van der Waals surface area contributed by atoms with Crippen molar-refractivity contribution in [2.45, 2.75) is 13.2 Å². The van der Waals surface area contributed by atoms with Crippen LogP contribution in [0.3, 0.4) is 0 Å². The summed E-state index contributed by atoms with van der Waals surface area (Å²) in [6.07, 6.45) is 1.87. The van der Waals surface area contributed by atoms with Crippen LogP contribution in [0.5, 0.6) is 5.75 Å². The second kappa shape index (κ2) is 5.58. The molecule has 108 valence electrons. The van der Waals surface area contributed by atoms with Crippen LogP contribution in [0, 0.1) is 5.82 Å². The molecule has 4 heteroatoms. The van der Waals surface area contributed by atoms with Crippen LogP contribution >= 0.6 is 0 Å². The fourth-order valence-electron chi connectivity index (χ4n) is 2.55. The Hall–Kier alpha value is -2.33. The SMILES string of the molecule is COc1ccc(Cn2cc(CO)c3ccccc32)c(F)c1. The Morgan fingerprint density at radius 2 is 1.95 bits per heavy atom. The zero-order valence-corrected chi connectivity index (χ0v) is 11.7. The van der Waals surface area contributed by atoms with Crippen molar-refractivity contribution in [2.24, 2.45) is 0 Å². The van der Waals surface area contributed by atoms with E-state index in [1.807, 2.05) is 35.0 Å². The highest BCUT2D eigenvalue weighted by Gasteiger charge is 2.10. The van der Waals surface area contributed by atoms with Gasteiger partial charge in [0.15, 0.2) is 0 Å². The van der Waals surface area contributed by atoms with E-state index in [1.54, 1.807) is 12.1 Å². The molecule has 3 rings (SSSR count). The summed E-state index contributed by atoms with van der Waals surface area (Å²) in [6, 6.07) is 12.6. The Morgan fingerprint density at radius 3 is 2.67 bits per heavy atom. The van der Waals surface area contributed by atoms with Crippen LogP contribution in [0.2, 0.25) is 0 Å². The van der Waals surface area contributed by atoms with Gasteiger partial charge in [0.2, 0.25) is 0 Å². The number of aromatic nitrogens is 1. The highest BCUT2D eigenvalue weighted by atomic mass is 19.1. The summed E-state index contributed by atoms with van der Waals surface area (Å²) in [6.45, 7) is 0.384. The van der Waals surface area contributed by atoms with Gasteiger partial charge in [-0.2, -0.15) is 0 Å². The normalized spacial score (nSPS) is 11.0. The van der Waals surface area contributed by atoms with Gasteiger partial charge in [-0.15, -0.1) is 0 Å². The van der Waals surface area contributed by atoms with Crippen molar-refractivity contribution >= 4 is 10.9 Å². The molecule has 3 nitrogen and oxygen atoms in total. The number of rotatable bonds is 4. The van der Waals surface area contributed by atoms with Crippen molar-refractivity contribution in [3.8, 4) is 5.75 Å². The van der Waals surface area contributed by atoms with Crippen molar-refractivity contribution in [1.82, 2.24) is 4.57 Å². The Bertz CT molecular complexity index is 780. The lowest BCUT2D eigenvalue weighted by Crippen LogP contribution is -2.01. The van der Waals surface area contributed by atoms with E-state index in [9.17, 15) is 9.50 Å². The molecule has 0 aliphatic heterocycles. The van der Waals surface area contributed by atoms with Crippen LogP contribution < -0.4 is 4.74 Å². The molecule has 0 saturated carbocycles. The van der Waals surface area contributed by atoms with Gasteiger partial charge in [-0.05, 0) is 12.1 Å². The summed E-state index contributed by atoms with van der Waals surface area (Å²) in [5, 5.41) is 10.4. The number of aliphatic hydroxyl groups excluding tert-OH is 1. The van der Waals surface area contributed by atoms with Gasteiger partial charge < -0.3 is 14.4 Å². The molecule has 0 aliphatic rings. The monoisotopic (exact) mass is 285 g/mol. The van der Waals surface area contributed by atoms with Crippen LogP contribution in [0.25, 0.3) is 10.9 Å². The predicted molar refractivity (Wildman–Crippen MR) is 79.9 cm³/mol. The smallest absolute Gasteiger partial charge is 0.131 e. The second-order valence-electron chi connectivity index (χ2n) is 4.91. The minimum Gasteiger partial charge on any atom is -0.497 e. The van der Waals surface area contributed by atoms with Gasteiger partial charge in [-0.3, -0.25) is 0 Å². The maximum Gasteiger partial charge on any atom is 0.131 e. The molecule has 3 aromatic rings. The lowest BCUT2D eigenvalue weighted by Gasteiger charge is -2.08. The van der Waals surface area contributed by atoms with E-state index in [2.05, 4.69) is 0 Å². The van der Waals surface area contributed by atoms with E-state index >= 15 is 0 Å². The summed E-state index contributed by atoms with van der Waals surface area (Å²) in [4.78, 5) is 0. The minimum atomic E-state index is -0.294. The molecule has 1 N–H and O–H groups in total. The quantitative estimate of drug-likeness (QED) is 0.798. The number of halogens is 1. The van der Waals surface area contributed by atoms with E-state index < -0.39 is 0 Å². The molecule has 0 saturated heterocycles. The molecule has 0 radical (unpaired) electrons. The highest BCUT2D eigenvalue weighted by molar-refractivity contribution is 5.83. The molecule has 1 heterocycles. The summed E-state index contributed by atoms with van der Waals surface area (Å²) in [5.74, 6) is 0.211. The number of nitrogens with zero attached hydrogens (tertiary/aromatic N) is 1. The number of aliphatic hydroxyl groups is 1. The lowest BCUT2D eigenvalue weighted by atomic mass is 10.2. The molecule has 0 atom stereocenters. The topological polar surface area (TPSA) is 34.4 Å². The minimum absolute atomic E-state index is 0.0292. The molecule has 1 aromatic heterocycles. The van der Waals surface area contributed by atoms with Crippen LogP contribution in [0.15, 0.2) is 48.7 Å². The van der Waals surface area contributed by atoms with Crippen molar-refractivity contribution in [1.29, 1.82) is 0 Å². The highest BCUT2D eigenvalue weighted by Crippen LogP contribution is 2.24. The number of hydrogen-bond donors (Lipinski definition) is 1. The first-order valence-electron chi connectivity index (χ1n) is 6.73. The van der Waals surface area contributed by atoms with Gasteiger partial charge >= 0.3 is 0 Å². The molecule has 21 heavy (non-hydrogen) atoms. The number of fused-ring (bicyclic) bond motifs is 1. The van der Waals surface area contributed by atoms with Gasteiger partial charge in [0.1, 0.15) is 11.6 Å². The molecule has 0 bridgehead atoms. The van der Waals surface area contributed by atoms with Crippen LogP contribution in [0.1, 0.15) is 11.1 Å². The molecule has 0 aliphatic carbocycles. The Morgan fingerprint density at radius 1 is 1.14 bits per heavy atom. The predicted octanol–water partition coefficient (Wildman–Crippen LogP) is 3.33. The van der Waals surface area contributed by atoms with Crippen LogP contribution in [0.4, 0.5) is 4.39 Å². The molecule has 0 fully saturated rings. The van der Waals surface area contributed by atoms with Crippen molar-refractivity contribution in [3.63, 3.8) is 0 Å². The number of methoxy groups -OCH3 is 1. The number of benzene rings is 2. The van der Waals surface area contributed by atoms with Gasteiger partial charge in [0.05, 0.1) is 20.3 Å². The lowest BCUT2D eigenvalue weighted by molar-refractivity contribution is 0.283. The summed E-state index contributed by atoms with van der Waals surface area (Å²) in [5.41, 5.74) is 2.41. The molecule has 0 spiro atoms. The zero-order chi connectivity index (χ0) is 14.8. The standard InChI is InChI=1S/C17H16FNO2/c1-21-14-7-6-12(16(18)8-14)9-19-10-13(11-20)15-4-2-3-5-17(15)19/h2-8,10,20H,9,11H2,1H3. The Labute approximate surface area is 122 Å². The average molecular weight is 285 g/mol. The number of ether oxygens (including phenoxy) is 1. The van der Waals surface area contributed by atoms with E-state index in [0.29, 0.717) is 17.9 Å². The molecule has 0 amide bonds. The average Bonchev–Trinajstić information content (AvgIpc) is 2.87. The van der Waals surface area contributed by atoms with Gasteiger partial charge in [-0.25, -0.2) is 4.39 Å². The first-order valence-corrected chi connectivity index (χ1v) is 6.73. The second-order valence-corrected chi connectivity index (χ2v) is 4.91. The van der Waals surface area contributed by atoms with Crippen molar-refractivity contribution < 1.29 is 14.2 Å². The first-order chi connectivity index (χ1) is 10.2. The van der Waals surface area contributed by atoms with E-state index in [4.69, 9.17) is 4.74 Å². The van der Waals surface area contributed by atoms with E-state index in [-0.39, 0.29) is 12.4 Å². The third-order valence-electron chi connectivity index (χ3n) is 3.64. The molecular weight excluding hydrogens is 269 g/mol. The third kappa shape index (κ3) is 2.50. The van der Waals surface area contributed by atoms with Crippen LogP contribution in [-0.4, -0.2) is 16.8 Å². The molecular formula is C17H16FNO2. The maximum atomic E-state index is 14.1. The third-order valence-corrected chi connectivity index (χ3v) is 3.64. The van der Waals surface area contributed by atoms with Gasteiger partial charge in [0.25, 0.3) is 0 Å². The Kier molecular flexibility index (Phi) is 3.62. The summed E-state index contributed by atoms with van der Waals surface area (Å²) in [7, 11) is 1.52. The van der Waals surface area contributed by atoms with E-state index in [0.717, 1.165) is 16.5 Å². The molecule has 0 unspecified atom stereocenters. The molecule has 2 aromatic carbocycles. The van der Waals surface area contributed by atoms with Crippen LogP contribution in [-0.2, 0) is 13.2 Å². The van der Waals surface area contributed by atoms with E-state index in [1.165, 1.54) is 13.2 Å². The van der Waals surface area contributed by atoms with Gasteiger partial charge in [-0.1, -0.05) is 24.3 Å². The fourth-order valence-corrected chi connectivity index (χ4v) is 2.55. The fraction of sp³-hybridized carbons (Fsp3) is 0.176. The number of hydrogen-bond acceptors (Lipinski definition) is 2. The summed E-state index contributed by atoms with van der Waals surface area (Å²) < 4.78 is 21.0. The first kappa shape index (κ1) is 13.6. The van der Waals surface area contributed by atoms with Gasteiger partial charge in [0, 0.05) is 34.3 Å². The largest absolute Gasteiger partial charge is 0.497 e. The summed E-state index contributed by atoms with van der Waals surface area (Å²) >= 11 is 0.